The molecule has 2 aromatic rings. The molecule has 0 saturated carbocycles. The van der Waals surface area contributed by atoms with E-state index in [9.17, 15) is 5.11 Å². The Bertz CT molecular complexity index is 550. The number of aromatic nitrogens is 3. The van der Waals surface area contributed by atoms with Gasteiger partial charge in [-0.1, -0.05) is 0 Å². The molecule has 18 heavy (non-hydrogen) atoms. The molecular weight excluding hydrogens is 314 g/mol. The SMILES string of the molecule is CCn1nc(C)c(Br)c1CC(O)c1nc(C)cs1. The largest absolute Gasteiger partial charge is 0.386 e. The normalized spacial score (nSPS) is 12.9. The molecular formula is C12H16BrN3OS. The summed E-state index contributed by atoms with van der Waals surface area (Å²) >= 11 is 5.03. The lowest BCUT2D eigenvalue weighted by atomic mass is 10.2. The van der Waals surface area contributed by atoms with Crippen LogP contribution in [0.4, 0.5) is 0 Å². The van der Waals surface area contributed by atoms with Crippen molar-refractivity contribution < 1.29 is 5.11 Å². The van der Waals surface area contributed by atoms with Crippen LogP contribution in [-0.4, -0.2) is 19.9 Å². The summed E-state index contributed by atoms with van der Waals surface area (Å²) in [5.41, 5.74) is 2.93. The molecule has 4 nitrogen and oxygen atoms in total. The Balaban J connectivity index is 2.23. The summed E-state index contributed by atoms with van der Waals surface area (Å²) in [4.78, 5) is 4.32. The van der Waals surface area contributed by atoms with E-state index in [1.165, 1.54) is 11.3 Å². The first-order valence-corrected chi connectivity index (χ1v) is 7.52. The Labute approximate surface area is 119 Å². The van der Waals surface area contributed by atoms with Crippen LogP contribution < -0.4 is 0 Å². The van der Waals surface area contributed by atoms with Crippen LogP contribution in [0.25, 0.3) is 0 Å². The molecule has 0 bridgehead atoms. The van der Waals surface area contributed by atoms with Crippen LogP contribution >= 0.6 is 27.3 Å². The molecule has 2 rings (SSSR count). The van der Waals surface area contributed by atoms with Crippen molar-refractivity contribution in [2.75, 3.05) is 0 Å². The maximum Gasteiger partial charge on any atom is 0.122 e. The van der Waals surface area contributed by atoms with Gasteiger partial charge in [0.05, 0.1) is 15.9 Å². The number of rotatable bonds is 4. The third-order valence-electron chi connectivity index (χ3n) is 2.76. The van der Waals surface area contributed by atoms with Crippen LogP contribution in [0, 0.1) is 13.8 Å². The Hall–Kier alpha value is -0.720. The molecule has 6 heteroatoms. The fourth-order valence-electron chi connectivity index (χ4n) is 1.86. The highest BCUT2D eigenvalue weighted by Gasteiger charge is 2.19. The quantitative estimate of drug-likeness (QED) is 0.937. The summed E-state index contributed by atoms with van der Waals surface area (Å²) in [5, 5.41) is 17.4. The second-order valence-electron chi connectivity index (χ2n) is 4.21. The summed E-state index contributed by atoms with van der Waals surface area (Å²) < 4.78 is 2.90. The Kier molecular flexibility index (Phi) is 4.19. The lowest BCUT2D eigenvalue weighted by molar-refractivity contribution is 0.174. The summed E-state index contributed by atoms with van der Waals surface area (Å²) in [6, 6.07) is 0. The third kappa shape index (κ3) is 2.65. The Morgan fingerprint density at radius 3 is 2.78 bits per heavy atom. The molecule has 0 aliphatic heterocycles. The summed E-state index contributed by atoms with van der Waals surface area (Å²) in [6.07, 6.45) is -0.0382. The van der Waals surface area contributed by atoms with E-state index >= 15 is 0 Å². The number of aliphatic hydroxyl groups excluding tert-OH is 1. The van der Waals surface area contributed by atoms with E-state index in [4.69, 9.17) is 0 Å². The molecule has 1 N–H and O–H groups in total. The molecule has 0 amide bonds. The van der Waals surface area contributed by atoms with E-state index in [0.29, 0.717) is 6.42 Å². The highest BCUT2D eigenvalue weighted by atomic mass is 79.9. The van der Waals surface area contributed by atoms with Crippen molar-refractivity contribution >= 4 is 27.3 Å². The van der Waals surface area contributed by atoms with Gasteiger partial charge < -0.3 is 5.11 Å². The Morgan fingerprint density at radius 2 is 2.22 bits per heavy atom. The minimum absolute atomic E-state index is 0.530. The first-order valence-electron chi connectivity index (χ1n) is 5.84. The third-order valence-corrected chi connectivity index (χ3v) is 4.86. The predicted molar refractivity (Wildman–Crippen MR) is 75.9 cm³/mol. The molecule has 0 fully saturated rings. The van der Waals surface area contributed by atoms with E-state index in [1.54, 1.807) is 0 Å². The summed E-state index contributed by atoms with van der Waals surface area (Å²) in [5.74, 6) is 0. The molecule has 0 saturated heterocycles. The average molecular weight is 330 g/mol. The zero-order valence-corrected chi connectivity index (χ0v) is 13.0. The number of halogens is 1. The van der Waals surface area contributed by atoms with Gasteiger partial charge in [0, 0.05) is 24.0 Å². The van der Waals surface area contributed by atoms with Gasteiger partial charge in [-0.3, -0.25) is 4.68 Å². The van der Waals surface area contributed by atoms with Gasteiger partial charge in [-0.05, 0) is 36.7 Å². The van der Waals surface area contributed by atoms with E-state index in [1.807, 2.05) is 30.8 Å². The number of aliphatic hydroxyl groups is 1. The van der Waals surface area contributed by atoms with E-state index in [-0.39, 0.29) is 0 Å². The summed E-state index contributed by atoms with van der Waals surface area (Å²) in [7, 11) is 0. The van der Waals surface area contributed by atoms with E-state index < -0.39 is 6.10 Å². The van der Waals surface area contributed by atoms with E-state index in [2.05, 4.69) is 26.0 Å². The van der Waals surface area contributed by atoms with Crippen LogP contribution in [0.2, 0.25) is 0 Å². The fourth-order valence-corrected chi connectivity index (χ4v) is 3.09. The molecule has 1 unspecified atom stereocenters. The van der Waals surface area contributed by atoms with Crippen molar-refractivity contribution in [1.29, 1.82) is 0 Å². The highest BCUT2D eigenvalue weighted by Crippen LogP contribution is 2.27. The highest BCUT2D eigenvalue weighted by molar-refractivity contribution is 9.10. The molecule has 0 aliphatic carbocycles. The first kappa shape index (κ1) is 13.7. The topological polar surface area (TPSA) is 50.9 Å². The molecule has 98 valence electrons. The number of thiazole rings is 1. The smallest absolute Gasteiger partial charge is 0.122 e. The monoisotopic (exact) mass is 329 g/mol. The van der Waals surface area contributed by atoms with Gasteiger partial charge in [-0.2, -0.15) is 5.10 Å². The van der Waals surface area contributed by atoms with E-state index in [0.717, 1.165) is 33.1 Å². The van der Waals surface area contributed by atoms with Crippen molar-refractivity contribution in [2.45, 2.75) is 39.8 Å². The van der Waals surface area contributed by atoms with Crippen LogP contribution in [0.1, 0.15) is 35.1 Å². The van der Waals surface area contributed by atoms with Gasteiger partial charge in [0.25, 0.3) is 0 Å². The first-order chi connectivity index (χ1) is 8.52. The molecule has 0 spiro atoms. The maximum atomic E-state index is 10.2. The molecule has 0 aliphatic rings. The second kappa shape index (κ2) is 5.50. The number of nitrogens with zero attached hydrogens (tertiary/aromatic N) is 3. The van der Waals surface area contributed by atoms with Crippen LogP contribution in [0.3, 0.4) is 0 Å². The van der Waals surface area contributed by atoms with Crippen LogP contribution in [-0.2, 0) is 13.0 Å². The average Bonchev–Trinajstić information content (AvgIpc) is 2.88. The number of hydrogen-bond acceptors (Lipinski definition) is 4. The van der Waals surface area contributed by atoms with Crippen molar-refractivity contribution in [3.8, 4) is 0 Å². The summed E-state index contributed by atoms with van der Waals surface area (Å²) in [6.45, 7) is 6.73. The van der Waals surface area contributed by atoms with Gasteiger partial charge in [-0.25, -0.2) is 4.98 Å². The molecule has 2 heterocycles. The Morgan fingerprint density at radius 1 is 1.50 bits per heavy atom. The van der Waals surface area contributed by atoms with Crippen molar-refractivity contribution in [3.63, 3.8) is 0 Å². The molecule has 0 aromatic carbocycles. The van der Waals surface area contributed by atoms with Crippen molar-refractivity contribution in [2.24, 2.45) is 0 Å². The predicted octanol–water partition coefficient (Wildman–Crippen LogP) is 3.01. The standard InChI is InChI=1S/C12H16BrN3OS/c1-4-16-9(11(13)8(3)15-16)5-10(17)12-14-7(2)6-18-12/h6,10,17H,4-5H2,1-3H3. The molecule has 1 atom stereocenters. The minimum Gasteiger partial charge on any atom is -0.386 e. The van der Waals surface area contributed by atoms with Gasteiger partial charge in [0.2, 0.25) is 0 Å². The lowest BCUT2D eigenvalue weighted by Crippen LogP contribution is -2.08. The van der Waals surface area contributed by atoms with Crippen molar-refractivity contribution in [3.05, 3.63) is 31.9 Å². The van der Waals surface area contributed by atoms with Gasteiger partial charge in [0.15, 0.2) is 0 Å². The zero-order valence-electron chi connectivity index (χ0n) is 10.6. The van der Waals surface area contributed by atoms with Gasteiger partial charge >= 0.3 is 0 Å². The number of hydrogen-bond donors (Lipinski definition) is 1. The van der Waals surface area contributed by atoms with Crippen molar-refractivity contribution in [1.82, 2.24) is 14.8 Å². The lowest BCUT2D eigenvalue weighted by Gasteiger charge is -2.09. The zero-order chi connectivity index (χ0) is 13.3. The molecule has 2 aromatic heterocycles. The van der Waals surface area contributed by atoms with Crippen LogP contribution in [0.5, 0.6) is 0 Å². The molecule has 0 radical (unpaired) electrons. The van der Waals surface area contributed by atoms with Gasteiger partial charge in [0.1, 0.15) is 11.1 Å². The fraction of sp³-hybridized carbons (Fsp3) is 0.500. The number of aryl methyl sites for hydroxylation is 3. The van der Waals surface area contributed by atoms with Gasteiger partial charge in [-0.15, -0.1) is 11.3 Å². The minimum atomic E-state index is -0.568. The second-order valence-corrected chi connectivity index (χ2v) is 5.89. The van der Waals surface area contributed by atoms with Crippen LogP contribution in [0.15, 0.2) is 9.85 Å². The maximum absolute atomic E-state index is 10.2.